The summed E-state index contributed by atoms with van der Waals surface area (Å²) >= 11 is 6.03. The number of rotatable bonds is 4. The topological polar surface area (TPSA) is 34.9 Å². The molecule has 27 heavy (non-hydrogen) atoms. The summed E-state index contributed by atoms with van der Waals surface area (Å²) in [5.74, 6) is -0.105. The molecule has 0 aliphatic carbocycles. The van der Waals surface area contributed by atoms with E-state index in [4.69, 9.17) is 11.6 Å². The summed E-state index contributed by atoms with van der Waals surface area (Å²) in [6.07, 6.45) is 1.89. The standard InChI is InChI=1S/C23H17ClN2O/c1-16-7-13-20(14-8-16)26-15-21(17-9-11-19(24)12-10-17)22(25-26)23(27)18-5-3-2-4-6-18/h2-15H,1H3. The molecule has 1 aromatic heterocycles. The summed E-state index contributed by atoms with van der Waals surface area (Å²) in [5.41, 5.74) is 4.79. The maximum absolute atomic E-state index is 13.1. The molecule has 0 saturated heterocycles. The minimum absolute atomic E-state index is 0.105. The van der Waals surface area contributed by atoms with E-state index in [9.17, 15) is 4.79 Å². The van der Waals surface area contributed by atoms with Gasteiger partial charge in [-0.3, -0.25) is 4.79 Å². The van der Waals surface area contributed by atoms with Crippen LogP contribution in [0.15, 0.2) is 85.1 Å². The average molecular weight is 373 g/mol. The van der Waals surface area contributed by atoms with Crippen molar-refractivity contribution in [1.82, 2.24) is 9.78 Å². The normalized spacial score (nSPS) is 10.7. The van der Waals surface area contributed by atoms with Gasteiger partial charge < -0.3 is 0 Å². The Labute approximate surface area is 162 Å². The first kappa shape index (κ1) is 17.3. The van der Waals surface area contributed by atoms with E-state index in [0.717, 1.165) is 16.8 Å². The van der Waals surface area contributed by atoms with Gasteiger partial charge in [0.1, 0.15) is 5.69 Å². The van der Waals surface area contributed by atoms with Gasteiger partial charge in [-0.15, -0.1) is 0 Å². The third-order valence-corrected chi connectivity index (χ3v) is 4.67. The summed E-state index contributed by atoms with van der Waals surface area (Å²) in [4.78, 5) is 13.1. The molecule has 1 heterocycles. The second-order valence-electron chi connectivity index (χ2n) is 6.37. The van der Waals surface area contributed by atoms with Gasteiger partial charge in [-0.1, -0.05) is 71.8 Å². The third kappa shape index (κ3) is 3.55. The predicted molar refractivity (Wildman–Crippen MR) is 109 cm³/mol. The number of aromatic nitrogens is 2. The van der Waals surface area contributed by atoms with Crippen molar-refractivity contribution in [1.29, 1.82) is 0 Å². The molecule has 0 amide bonds. The van der Waals surface area contributed by atoms with Crippen molar-refractivity contribution in [3.63, 3.8) is 0 Å². The van der Waals surface area contributed by atoms with Crippen LogP contribution in [0.2, 0.25) is 5.02 Å². The molecular weight excluding hydrogens is 356 g/mol. The van der Waals surface area contributed by atoms with Crippen LogP contribution >= 0.6 is 11.6 Å². The number of hydrogen-bond acceptors (Lipinski definition) is 2. The van der Waals surface area contributed by atoms with Crippen LogP contribution in [-0.4, -0.2) is 15.6 Å². The van der Waals surface area contributed by atoms with Gasteiger partial charge in [-0.2, -0.15) is 5.10 Å². The summed E-state index contributed by atoms with van der Waals surface area (Å²) in [7, 11) is 0. The lowest BCUT2D eigenvalue weighted by Gasteiger charge is -2.02. The maximum atomic E-state index is 13.1. The first-order valence-electron chi connectivity index (χ1n) is 8.64. The number of ketones is 1. The van der Waals surface area contributed by atoms with E-state index in [-0.39, 0.29) is 5.78 Å². The van der Waals surface area contributed by atoms with Gasteiger partial charge >= 0.3 is 0 Å². The number of nitrogens with zero attached hydrogens (tertiary/aromatic N) is 2. The Bertz CT molecular complexity index is 1080. The number of halogens is 1. The van der Waals surface area contributed by atoms with Crippen LogP contribution in [0.1, 0.15) is 21.6 Å². The van der Waals surface area contributed by atoms with Crippen molar-refractivity contribution >= 4 is 17.4 Å². The average Bonchev–Trinajstić information content (AvgIpc) is 3.14. The third-order valence-electron chi connectivity index (χ3n) is 4.42. The van der Waals surface area contributed by atoms with E-state index in [1.165, 1.54) is 5.56 Å². The zero-order valence-corrected chi connectivity index (χ0v) is 15.5. The Morgan fingerprint density at radius 2 is 1.56 bits per heavy atom. The molecule has 0 aliphatic heterocycles. The Morgan fingerprint density at radius 1 is 0.889 bits per heavy atom. The lowest BCUT2D eigenvalue weighted by Crippen LogP contribution is -2.05. The molecule has 132 valence electrons. The molecule has 0 atom stereocenters. The molecule has 0 bridgehead atoms. The van der Waals surface area contributed by atoms with Crippen molar-refractivity contribution < 1.29 is 4.79 Å². The number of benzene rings is 3. The van der Waals surface area contributed by atoms with Gasteiger partial charge in [0.2, 0.25) is 5.78 Å². The highest BCUT2D eigenvalue weighted by molar-refractivity contribution is 6.30. The number of hydrogen-bond donors (Lipinski definition) is 0. The zero-order chi connectivity index (χ0) is 18.8. The SMILES string of the molecule is Cc1ccc(-n2cc(-c3ccc(Cl)cc3)c(C(=O)c3ccccc3)n2)cc1. The van der Waals surface area contributed by atoms with Crippen LogP contribution in [-0.2, 0) is 0 Å². The Kier molecular flexibility index (Phi) is 4.61. The van der Waals surface area contributed by atoms with E-state index in [2.05, 4.69) is 5.10 Å². The molecule has 4 aromatic rings. The van der Waals surface area contributed by atoms with Crippen molar-refractivity contribution in [2.45, 2.75) is 6.92 Å². The molecule has 3 aromatic carbocycles. The van der Waals surface area contributed by atoms with E-state index in [1.807, 2.05) is 79.9 Å². The second-order valence-corrected chi connectivity index (χ2v) is 6.81. The number of carbonyl (C=O) groups excluding carboxylic acids is 1. The van der Waals surface area contributed by atoms with E-state index >= 15 is 0 Å². The smallest absolute Gasteiger partial charge is 0.213 e. The molecule has 4 rings (SSSR count). The zero-order valence-electron chi connectivity index (χ0n) is 14.8. The quantitative estimate of drug-likeness (QED) is 0.428. The van der Waals surface area contributed by atoms with Crippen LogP contribution in [0.25, 0.3) is 16.8 Å². The minimum atomic E-state index is -0.105. The lowest BCUT2D eigenvalue weighted by molar-refractivity contribution is 0.103. The molecule has 0 spiro atoms. The van der Waals surface area contributed by atoms with Crippen LogP contribution in [0, 0.1) is 6.92 Å². The summed E-state index contributed by atoms with van der Waals surface area (Å²) in [5, 5.41) is 5.27. The number of carbonyl (C=O) groups is 1. The largest absolute Gasteiger partial charge is 0.287 e. The van der Waals surface area contributed by atoms with Gasteiger partial charge in [0.15, 0.2) is 0 Å². The first-order valence-corrected chi connectivity index (χ1v) is 9.02. The van der Waals surface area contributed by atoms with Gasteiger partial charge in [0.05, 0.1) is 5.69 Å². The summed E-state index contributed by atoms with van der Waals surface area (Å²) in [6.45, 7) is 2.04. The van der Waals surface area contributed by atoms with Gasteiger partial charge in [-0.25, -0.2) is 4.68 Å². The fourth-order valence-corrected chi connectivity index (χ4v) is 3.06. The fourth-order valence-electron chi connectivity index (χ4n) is 2.94. The molecular formula is C23H17ClN2O. The van der Waals surface area contributed by atoms with Crippen LogP contribution in [0.4, 0.5) is 0 Å². The van der Waals surface area contributed by atoms with Crippen molar-refractivity contribution in [3.05, 3.63) is 107 Å². The lowest BCUT2D eigenvalue weighted by atomic mass is 10.0. The van der Waals surface area contributed by atoms with E-state index in [1.54, 1.807) is 16.8 Å². The van der Waals surface area contributed by atoms with Crippen LogP contribution in [0.5, 0.6) is 0 Å². The highest BCUT2D eigenvalue weighted by Gasteiger charge is 2.20. The fraction of sp³-hybridized carbons (Fsp3) is 0.0435. The van der Waals surface area contributed by atoms with E-state index < -0.39 is 0 Å². The summed E-state index contributed by atoms with van der Waals surface area (Å²) in [6, 6.07) is 24.7. The minimum Gasteiger partial charge on any atom is -0.287 e. The second kappa shape index (κ2) is 7.22. The number of aryl methyl sites for hydroxylation is 1. The highest BCUT2D eigenvalue weighted by atomic mass is 35.5. The molecule has 0 aliphatic rings. The van der Waals surface area contributed by atoms with Gasteiger partial charge in [0, 0.05) is 22.3 Å². The monoisotopic (exact) mass is 372 g/mol. The Morgan fingerprint density at radius 3 is 2.22 bits per heavy atom. The highest BCUT2D eigenvalue weighted by Crippen LogP contribution is 2.27. The maximum Gasteiger partial charge on any atom is 0.213 e. The van der Waals surface area contributed by atoms with Crippen molar-refractivity contribution in [2.24, 2.45) is 0 Å². The first-order chi connectivity index (χ1) is 13.1. The predicted octanol–water partition coefficient (Wildman–Crippen LogP) is 5.73. The van der Waals surface area contributed by atoms with Crippen LogP contribution in [0.3, 0.4) is 0 Å². The molecule has 3 nitrogen and oxygen atoms in total. The van der Waals surface area contributed by atoms with Crippen molar-refractivity contribution in [2.75, 3.05) is 0 Å². The van der Waals surface area contributed by atoms with Gasteiger partial charge in [-0.05, 0) is 36.8 Å². The molecule has 0 radical (unpaired) electrons. The van der Waals surface area contributed by atoms with E-state index in [0.29, 0.717) is 16.3 Å². The molecule has 0 N–H and O–H groups in total. The molecule has 0 unspecified atom stereocenters. The molecule has 0 saturated carbocycles. The Balaban J connectivity index is 1.86. The molecule has 0 fully saturated rings. The Hall–Kier alpha value is -3.17. The van der Waals surface area contributed by atoms with Gasteiger partial charge in [0.25, 0.3) is 0 Å². The summed E-state index contributed by atoms with van der Waals surface area (Å²) < 4.78 is 1.75. The van der Waals surface area contributed by atoms with Crippen LogP contribution < -0.4 is 0 Å². The van der Waals surface area contributed by atoms with Crippen molar-refractivity contribution in [3.8, 4) is 16.8 Å². The molecule has 4 heteroatoms.